The molecule has 2 rings (SSSR count). The second-order valence-corrected chi connectivity index (χ2v) is 5.64. The molecule has 1 aromatic rings. The third-order valence-corrected chi connectivity index (χ3v) is 4.03. The summed E-state index contributed by atoms with van der Waals surface area (Å²) in [5.74, 6) is -0.851. The van der Waals surface area contributed by atoms with Crippen LogP contribution in [0.25, 0.3) is 0 Å². The van der Waals surface area contributed by atoms with Gasteiger partial charge in [0.25, 0.3) is 0 Å². The number of benzene rings is 1. The van der Waals surface area contributed by atoms with Crippen LogP contribution in [0, 0.1) is 12.3 Å². The van der Waals surface area contributed by atoms with E-state index in [2.05, 4.69) is 10.6 Å². The zero-order chi connectivity index (χ0) is 14.8. The first kappa shape index (κ1) is 14.4. The summed E-state index contributed by atoms with van der Waals surface area (Å²) in [7, 11) is 0. The number of nitrogens with one attached hydrogen (secondary N) is 2. The molecule has 108 valence electrons. The van der Waals surface area contributed by atoms with Crippen LogP contribution in [-0.2, 0) is 4.79 Å². The zero-order valence-corrected chi connectivity index (χ0v) is 11.8. The number of carboxylic acids is 1. The lowest BCUT2D eigenvalue weighted by Gasteiger charge is -2.27. The highest BCUT2D eigenvalue weighted by atomic mass is 16.4. The van der Waals surface area contributed by atoms with Gasteiger partial charge in [0.15, 0.2) is 0 Å². The van der Waals surface area contributed by atoms with Crippen LogP contribution in [0.15, 0.2) is 24.3 Å². The molecule has 0 radical (unpaired) electrons. The van der Waals surface area contributed by atoms with Gasteiger partial charge in [-0.25, -0.2) is 4.79 Å². The van der Waals surface area contributed by atoms with Gasteiger partial charge in [-0.2, -0.15) is 0 Å². The molecule has 1 aromatic carbocycles. The van der Waals surface area contributed by atoms with Crippen LogP contribution in [0.1, 0.15) is 31.7 Å². The van der Waals surface area contributed by atoms with E-state index in [-0.39, 0.29) is 12.1 Å². The number of carbonyl (C=O) groups is 2. The van der Waals surface area contributed by atoms with Gasteiger partial charge >= 0.3 is 12.0 Å². The van der Waals surface area contributed by atoms with E-state index in [9.17, 15) is 14.7 Å². The van der Waals surface area contributed by atoms with Crippen LogP contribution in [-0.4, -0.2) is 23.1 Å². The van der Waals surface area contributed by atoms with Gasteiger partial charge in [-0.1, -0.05) is 18.6 Å². The Balaban J connectivity index is 2.00. The van der Waals surface area contributed by atoms with Crippen LogP contribution in [0.3, 0.4) is 0 Å². The average Bonchev–Trinajstić information content (AvgIpc) is 2.72. The summed E-state index contributed by atoms with van der Waals surface area (Å²) in [5.41, 5.74) is 0.890. The molecule has 1 saturated carbocycles. The van der Waals surface area contributed by atoms with E-state index < -0.39 is 11.4 Å². The molecule has 2 amide bonds. The average molecular weight is 276 g/mol. The van der Waals surface area contributed by atoms with E-state index in [1.165, 1.54) is 0 Å². The van der Waals surface area contributed by atoms with Crippen LogP contribution in [0.2, 0.25) is 0 Å². The summed E-state index contributed by atoms with van der Waals surface area (Å²) in [5, 5.41) is 14.8. The number of hydrogen-bond donors (Lipinski definition) is 3. The molecular formula is C15H20N2O3. The number of hydrogen-bond acceptors (Lipinski definition) is 2. The van der Waals surface area contributed by atoms with Crippen molar-refractivity contribution < 1.29 is 14.7 Å². The molecule has 20 heavy (non-hydrogen) atoms. The second kappa shape index (κ2) is 5.53. The highest BCUT2D eigenvalue weighted by Gasteiger charge is 2.45. The molecule has 2 atom stereocenters. The van der Waals surface area contributed by atoms with Crippen molar-refractivity contribution in [3.8, 4) is 0 Å². The third kappa shape index (κ3) is 2.92. The topological polar surface area (TPSA) is 78.4 Å². The van der Waals surface area contributed by atoms with Crippen LogP contribution in [0.5, 0.6) is 0 Å². The largest absolute Gasteiger partial charge is 0.481 e. The number of amides is 2. The Hall–Kier alpha value is -2.04. The van der Waals surface area contributed by atoms with Crippen molar-refractivity contribution >= 4 is 17.7 Å². The molecule has 2 unspecified atom stereocenters. The first-order valence-corrected chi connectivity index (χ1v) is 6.79. The number of carboxylic acid groups (broad SMARTS) is 1. The lowest BCUT2D eigenvalue weighted by Crippen LogP contribution is -2.48. The SMILES string of the molecule is Cc1cccc(NC(=O)NC2CCCC2(C)C(=O)O)c1. The fourth-order valence-electron chi connectivity index (χ4n) is 2.70. The Labute approximate surface area is 118 Å². The van der Waals surface area contributed by atoms with E-state index >= 15 is 0 Å². The van der Waals surface area contributed by atoms with Gasteiger partial charge in [0.2, 0.25) is 0 Å². The molecule has 0 saturated heterocycles. The van der Waals surface area contributed by atoms with E-state index in [4.69, 9.17) is 0 Å². The monoisotopic (exact) mass is 276 g/mol. The number of aliphatic carboxylic acids is 1. The number of rotatable bonds is 3. The van der Waals surface area contributed by atoms with Crippen LogP contribution in [0.4, 0.5) is 10.5 Å². The maximum atomic E-state index is 12.0. The standard InChI is InChI=1S/C15H20N2O3/c1-10-5-3-6-11(9-10)16-14(20)17-12-7-4-8-15(12,2)13(18)19/h3,5-6,9,12H,4,7-8H2,1-2H3,(H,18,19)(H2,16,17,20). The summed E-state index contributed by atoms with van der Waals surface area (Å²) in [6, 6.07) is 6.80. The Morgan fingerprint density at radius 1 is 1.40 bits per heavy atom. The second-order valence-electron chi connectivity index (χ2n) is 5.64. The summed E-state index contributed by atoms with van der Waals surface area (Å²) in [6.45, 7) is 3.64. The molecule has 0 bridgehead atoms. The smallest absolute Gasteiger partial charge is 0.319 e. The van der Waals surface area contributed by atoms with Gasteiger partial charge in [-0.3, -0.25) is 4.79 Å². The van der Waals surface area contributed by atoms with Crippen LogP contribution < -0.4 is 10.6 Å². The summed E-state index contributed by atoms with van der Waals surface area (Å²) in [6.07, 6.45) is 2.11. The van der Waals surface area contributed by atoms with E-state index in [0.29, 0.717) is 18.5 Å². The van der Waals surface area contributed by atoms with Crippen molar-refractivity contribution in [3.63, 3.8) is 0 Å². The lowest BCUT2D eigenvalue weighted by molar-refractivity contribution is -0.148. The predicted octanol–water partition coefficient (Wildman–Crippen LogP) is 2.76. The molecule has 1 aliphatic carbocycles. The van der Waals surface area contributed by atoms with Crippen molar-refractivity contribution in [2.75, 3.05) is 5.32 Å². The fraction of sp³-hybridized carbons (Fsp3) is 0.467. The highest BCUT2D eigenvalue weighted by molar-refractivity contribution is 5.90. The fourth-order valence-corrected chi connectivity index (χ4v) is 2.70. The quantitative estimate of drug-likeness (QED) is 0.794. The molecule has 5 nitrogen and oxygen atoms in total. The molecule has 3 N–H and O–H groups in total. The van der Waals surface area contributed by atoms with E-state index in [1.54, 1.807) is 13.0 Å². The molecule has 1 aliphatic rings. The Morgan fingerprint density at radius 3 is 2.80 bits per heavy atom. The van der Waals surface area contributed by atoms with Crippen LogP contribution >= 0.6 is 0 Å². The maximum Gasteiger partial charge on any atom is 0.319 e. The Morgan fingerprint density at radius 2 is 2.15 bits per heavy atom. The van der Waals surface area contributed by atoms with Crippen molar-refractivity contribution in [1.82, 2.24) is 5.32 Å². The van der Waals surface area contributed by atoms with Crippen molar-refractivity contribution in [2.24, 2.45) is 5.41 Å². The normalized spacial score (nSPS) is 25.2. The minimum absolute atomic E-state index is 0.329. The Kier molecular flexibility index (Phi) is 3.97. The lowest BCUT2D eigenvalue weighted by atomic mass is 9.85. The minimum atomic E-state index is -0.871. The molecule has 5 heteroatoms. The van der Waals surface area contributed by atoms with Gasteiger partial charge < -0.3 is 15.7 Å². The van der Waals surface area contributed by atoms with Crippen molar-refractivity contribution in [2.45, 2.75) is 39.2 Å². The first-order valence-electron chi connectivity index (χ1n) is 6.79. The van der Waals surface area contributed by atoms with Gasteiger partial charge in [-0.15, -0.1) is 0 Å². The molecule has 1 fully saturated rings. The van der Waals surface area contributed by atoms with Gasteiger partial charge in [0.1, 0.15) is 0 Å². The van der Waals surface area contributed by atoms with Gasteiger partial charge in [-0.05, 0) is 44.4 Å². The van der Waals surface area contributed by atoms with Gasteiger partial charge in [0, 0.05) is 11.7 Å². The number of carbonyl (C=O) groups excluding carboxylic acids is 1. The summed E-state index contributed by atoms with van der Waals surface area (Å²) in [4.78, 5) is 23.3. The molecule has 0 spiro atoms. The number of urea groups is 1. The summed E-state index contributed by atoms with van der Waals surface area (Å²) >= 11 is 0. The maximum absolute atomic E-state index is 12.0. The molecule has 0 aliphatic heterocycles. The first-order chi connectivity index (χ1) is 9.41. The zero-order valence-electron chi connectivity index (χ0n) is 11.8. The number of anilines is 1. The van der Waals surface area contributed by atoms with E-state index in [0.717, 1.165) is 12.0 Å². The summed E-state index contributed by atoms with van der Waals surface area (Å²) < 4.78 is 0. The minimum Gasteiger partial charge on any atom is -0.481 e. The number of aryl methyl sites for hydroxylation is 1. The third-order valence-electron chi connectivity index (χ3n) is 4.03. The predicted molar refractivity (Wildman–Crippen MR) is 76.7 cm³/mol. The van der Waals surface area contributed by atoms with Gasteiger partial charge in [0.05, 0.1) is 5.41 Å². The Bertz CT molecular complexity index is 530. The molecule has 0 heterocycles. The van der Waals surface area contributed by atoms with E-state index in [1.807, 2.05) is 25.1 Å². The highest BCUT2D eigenvalue weighted by Crippen LogP contribution is 2.38. The molecule has 0 aromatic heterocycles. The van der Waals surface area contributed by atoms with Crippen molar-refractivity contribution in [1.29, 1.82) is 0 Å². The van der Waals surface area contributed by atoms with Crippen molar-refractivity contribution in [3.05, 3.63) is 29.8 Å². The molecular weight excluding hydrogens is 256 g/mol.